The topological polar surface area (TPSA) is 190 Å². The van der Waals surface area contributed by atoms with E-state index in [1.165, 1.54) is 22.0 Å². The number of amides is 1. The number of aromatic hydroxyl groups is 1. The molecule has 1 aromatic heterocycles. The van der Waals surface area contributed by atoms with E-state index < -0.39 is 0 Å². The fraction of sp³-hybridized carbons (Fsp3) is 0.161. The number of hydrogen-bond donors (Lipinski definition) is 5. The fourth-order valence-corrected chi connectivity index (χ4v) is 4.61. The summed E-state index contributed by atoms with van der Waals surface area (Å²) in [4.78, 5) is 27.0. The molecule has 8 N–H and O–H groups in total. The number of ether oxygens (including phenoxy) is 1. The average molecular weight is 581 g/mol. The van der Waals surface area contributed by atoms with Crippen molar-refractivity contribution in [2.45, 2.75) is 6.54 Å². The molecular formula is C31H32N8O4. The number of morpholine rings is 1. The number of benzene rings is 3. The van der Waals surface area contributed by atoms with Crippen LogP contribution in [0.5, 0.6) is 5.75 Å². The van der Waals surface area contributed by atoms with Gasteiger partial charge in [0.05, 0.1) is 42.5 Å². The molecule has 2 heterocycles. The van der Waals surface area contributed by atoms with E-state index in [1.807, 2.05) is 0 Å². The first kappa shape index (κ1) is 29.0. The first-order chi connectivity index (χ1) is 20.7. The molecule has 4 aromatic rings. The van der Waals surface area contributed by atoms with Crippen molar-refractivity contribution in [2.24, 2.45) is 11.6 Å². The van der Waals surface area contributed by atoms with Crippen LogP contribution in [-0.2, 0) is 11.3 Å². The third-order valence-corrected chi connectivity index (χ3v) is 7.03. The van der Waals surface area contributed by atoms with Crippen molar-refractivity contribution in [1.82, 2.24) is 14.7 Å². The number of hydrazine groups is 1. The molecule has 0 radical (unpaired) electrons. The molecule has 1 aliphatic heterocycles. The molecule has 3 aromatic carbocycles. The van der Waals surface area contributed by atoms with Gasteiger partial charge in [0.2, 0.25) is 0 Å². The van der Waals surface area contributed by atoms with E-state index in [0.29, 0.717) is 60.1 Å². The number of carbonyl (C=O) groups excluding carboxylic acids is 1. The minimum Gasteiger partial charge on any atom is -0.508 e. The van der Waals surface area contributed by atoms with Crippen molar-refractivity contribution >= 4 is 23.0 Å². The Labute approximate surface area is 247 Å². The van der Waals surface area contributed by atoms with Crippen LogP contribution in [0.2, 0.25) is 0 Å². The minimum atomic E-state index is -0.299. The van der Waals surface area contributed by atoms with E-state index in [-0.39, 0.29) is 35.2 Å². The number of nitrogens with two attached hydrogens (primary N) is 3. The molecular weight excluding hydrogens is 548 g/mol. The van der Waals surface area contributed by atoms with Crippen LogP contribution in [-0.4, -0.2) is 57.7 Å². The maximum Gasteiger partial charge on any atom is 0.267 e. The summed E-state index contributed by atoms with van der Waals surface area (Å²) >= 11 is 0. The summed E-state index contributed by atoms with van der Waals surface area (Å²) in [5.41, 5.74) is 16.0. The van der Waals surface area contributed by atoms with Gasteiger partial charge in [0.15, 0.2) is 0 Å². The molecule has 0 bridgehead atoms. The van der Waals surface area contributed by atoms with E-state index in [1.54, 1.807) is 77.7 Å². The van der Waals surface area contributed by atoms with Gasteiger partial charge >= 0.3 is 0 Å². The summed E-state index contributed by atoms with van der Waals surface area (Å²) in [5.74, 6) is 6.27. The molecule has 0 unspecified atom stereocenters. The molecule has 0 saturated carbocycles. The number of rotatable bonds is 8. The number of anilines is 2. The number of phenolic OH excluding ortho intramolecular Hbond substituents is 1. The van der Waals surface area contributed by atoms with Crippen LogP contribution in [0.25, 0.3) is 11.3 Å². The Morgan fingerprint density at radius 2 is 1.72 bits per heavy atom. The molecule has 1 fully saturated rings. The Bertz CT molecular complexity index is 1730. The summed E-state index contributed by atoms with van der Waals surface area (Å²) in [6, 6.07) is 21.4. The number of phenols is 1. The highest BCUT2D eigenvalue weighted by atomic mass is 16.5. The molecule has 0 aliphatic carbocycles. The SMILES string of the molecule is N=C(/C(N)=C/N(N)c1ccc(C(=O)N2CCOCC2)cc1)c1cc(Cn2nc(-c3ccc(O)cc3)ccc2=O)ccc1N. The lowest BCUT2D eigenvalue weighted by Crippen LogP contribution is -2.40. The fourth-order valence-electron chi connectivity index (χ4n) is 4.61. The zero-order valence-electron chi connectivity index (χ0n) is 23.3. The molecule has 220 valence electrons. The van der Waals surface area contributed by atoms with Crippen molar-refractivity contribution in [1.29, 1.82) is 5.41 Å². The monoisotopic (exact) mass is 580 g/mol. The number of aromatic nitrogens is 2. The molecule has 0 spiro atoms. The van der Waals surface area contributed by atoms with Crippen molar-refractivity contribution in [3.8, 4) is 17.0 Å². The van der Waals surface area contributed by atoms with Crippen LogP contribution in [0.4, 0.5) is 11.4 Å². The number of carbonyl (C=O) groups is 1. The maximum absolute atomic E-state index is 12.7. The third kappa shape index (κ3) is 6.72. The molecule has 1 amide bonds. The molecule has 1 aliphatic rings. The van der Waals surface area contributed by atoms with E-state index in [9.17, 15) is 14.7 Å². The van der Waals surface area contributed by atoms with E-state index in [0.717, 1.165) is 5.56 Å². The van der Waals surface area contributed by atoms with Crippen molar-refractivity contribution in [2.75, 3.05) is 37.0 Å². The van der Waals surface area contributed by atoms with Gasteiger partial charge in [-0.15, -0.1) is 0 Å². The highest BCUT2D eigenvalue weighted by Crippen LogP contribution is 2.21. The second-order valence-electron chi connectivity index (χ2n) is 10.0. The van der Waals surface area contributed by atoms with Gasteiger partial charge in [-0.2, -0.15) is 5.10 Å². The summed E-state index contributed by atoms with van der Waals surface area (Å²) < 4.78 is 6.62. The summed E-state index contributed by atoms with van der Waals surface area (Å²) in [5, 5.41) is 24.0. The van der Waals surface area contributed by atoms with Crippen molar-refractivity contribution < 1.29 is 14.6 Å². The van der Waals surface area contributed by atoms with E-state index in [4.69, 9.17) is 27.5 Å². The number of nitrogens with zero attached hydrogens (tertiary/aromatic N) is 4. The van der Waals surface area contributed by atoms with Gasteiger partial charge in [0.25, 0.3) is 11.5 Å². The number of hydrogen-bond acceptors (Lipinski definition) is 10. The molecule has 43 heavy (non-hydrogen) atoms. The standard InChI is InChI=1S/C31H32N8O4/c32-26-10-1-20(18-39-29(41)12-11-28(36-39)21-4-8-24(40)9-5-21)17-25(26)30(34)27(33)19-38(35)23-6-2-22(3-7-23)31(42)37-13-15-43-16-14-37/h1-12,17,19,34,40H,13-16,18,32-33,35H2/b27-19-,34-30?. The molecule has 12 heteroatoms. The quantitative estimate of drug-likeness (QED) is 0.0901. The van der Waals surface area contributed by atoms with E-state index >= 15 is 0 Å². The normalized spacial score (nSPS) is 13.5. The number of allylic oxidation sites excluding steroid dienone is 1. The van der Waals surface area contributed by atoms with Crippen LogP contribution in [0.1, 0.15) is 21.5 Å². The zero-order chi connectivity index (χ0) is 30.5. The van der Waals surface area contributed by atoms with Gasteiger partial charge in [-0.1, -0.05) is 6.07 Å². The van der Waals surface area contributed by atoms with Crippen LogP contribution < -0.4 is 27.9 Å². The molecule has 0 atom stereocenters. The van der Waals surface area contributed by atoms with Crippen molar-refractivity contribution in [3.05, 3.63) is 118 Å². The molecule has 1 saturated heterocycles. The predicted octanol–water partition coefficient (Wildman–Crippen LogP) is 2.27. The predicted molar refractivity (Wildman–Crippen MR) is 164 cm³/mol. The minimum absolute atomic E-state index is 0.0490. The summed E-state index contributed by atoms with van der Waals surface area (Å²) in [6.45, 7) is 2.28. The second kappa shape index (κ2) is 12.6. The summed E-state index contributed by atoms with van der Waals surface area (Å²) in [7, 11) is 0. The van der Waals surface area contributed by atoms with Gasteiger partial charge in [0.1, 0.15) is 5.75 Å². The average Bonchev–Trinajstić information content (AvgIpc) is 3.03. The smallest absolute Gasteiger partial charge is 0.267 e. The van der Waals surface area contributed by atoms with Crippen molar-refractivity contribution in [3.63, 3.8) is 0 Å². The Balaban J connectivity index is 1.31. The zero-order valence-corrected chi connectivity index (χ0v) is 23.3. The van der Waals surface area contributed by atoms with Gasteiger partial charge in [-0.25, -0.2) is 10.5 Å². The first-order valence-electron chi connectivity index (χ1n) is 13.5. The largest absolute Gasteiger partial charge is 0.508 e. The third-order valence-electron chi connectivity index (χ3n) is 7.03. The lowest BCUT2D eigenvalue weighted by Gasteiger charge is -2.27. The highest BCUT2D eigenvalue weighted by Gasteiger charge is 2.19. The van der Waals surface area contributed by atoms with Crippen LogP contribution >= 0.6 is 0 Å². The van der Waals surface area contributed by atoms with Crippen LogP contribution in [0.3, 0.4) is 0 Å². The number of nitrogen functional groups attached to an aromatic ring is 1. The van der Waals surface area contributed by atoms with Crippen LogP contribution in [0.15, 0.2) is 95.6 Å². The first-order valence-corrected chi connectivity index (χ1v) is 13.5. The second-order valence-corrected chi connectivity index (χ2v) is 10.0. The lowest BCUT2D eigenvalue weighted by molar-refractivity contribution is 0.0303. The maximum atomic E-state index is 12.7. The van der Waals surface area contributed by atoms with E-state index in [2.05, 4.69) is 5.10 Å². The van der Waals surface area contributed by atoms with Gasteiger partial charge in [0, 0.05) is 47.7 Å². The Morgan fingerprint density at radius 1 is 1.02 bits per heavy atom. The molecule has 5 rings (SSSR count). The van der Waals surface area contributed by atoms with Gasteiger partial charge in [-0.05, 0) is 72.3 Å². The Kier molecular flexibility index (Phi) is 8.51. The van der Waals surface area contributed by atoms with Gasteiger partial charge in [-0.3, -0.25) is 20.0 Å². The highest BCUT2D eigenvalue weighted by molar-refractivity contribution is 6.13. The summed E-state index contributed by atoms with van der Waals surface area (Å²) in [6.07, 6.45) is 1.40. The molecule has 12 nitrogen and oxygen atoms in total. The lowest BCUT2D eigenvalue weighted by atomic mass is 10.0. The van der Waals surface area contributed by atoms with Crippen LogP contribution in [0, 0.1) is 5.41 Å². The Hall–Kier alpha value is -5.46. The number of nitrogens with one attached hydrogen (secondary N) is 1. The Morgan fingerprint density at radius 3 is 2.42 bits per heavy atom. The van der Waals surface area contributed by atoms with Gasteiger partial charge < -0.3 is 26.2 Å².